The molecule has 1 atom stereocenters. The topological polar surface area (TPSA) is 35.6 Å². The van der Waals surface area contributed by atoms with Crippen molar-refractivity contribution in [1.29, 1.82) is 0 Å². The zero-order valence-electron chi connectivity index (χ0n) is 14.7. The monoisotopic (exact) mass is 349 g/mol. The van der Waals surface area contributed by atoms with Crippen LogP contribution in [0.5, 0.6) is 0 Å². The molecule has 0 bridgehead atoms. The molecule has 2 saturated heterocycles. The minimum Gasteiger partial charge on any atom is -0.371 e. The Morgan fingerprint density at radius 2 is 2.00 bits per heavy atom. The first-order chi connectivity index (χ1) is 11.5. The molecule has 24 heavy (non-hydrogen) atoms. The molecule has 0 unspecified atom stereocenters. The molecule has 2 aliphatic rings. The van der Waals surface area contributed by atoms with Crippen LogP contribution in [0.3, 0.4) is 0 Å². The minimum absolute atomic E-state index is 0.110. The molecule has 1 aromatic carbocycles. The zero-order valence-corrected chi connectivity index (χ0v) is 15.5. The first kappa shape index (κ1) is 17.4. The van der Waals surface area contributed by atoms with Crippen LogP contribution in [0.1, 0.15) is 31.7 Å². The lowest BCUT2D eigenvalue weighted by Gasteiger charge is -2.30. The second kappa shape index (κ2) is 7.64. The molecule has 0 radical (unpaired) electrons. The maximum Gasteiger partial charge on any atom is 0.317 e. The molecule has 2 heterocycles. The Labute approximate surface area is 150 Å². The summed E-state index contributed by atoms with van der Waals surface area (Å²) in [4.78, 5) is 16.7. The van der Waals surface area contributed by atoms with Gasteiger partial charge in [0.15, 0.2) is 0 Å². The first-order valence-electron chi connectivity index (χ1n) is 9.07. The Balaban J connectivity index is 1.48. The van der Waals surface area contributed by atoms with Crippen molar-refractivity contribution in [3.63, 3.8) is 0 Å². The van der Waals surface area contributed by atoms with Crippen molar-refractivity contribution >= 4 is 23.3 Å². The van der Waals surface area contributed by atoms with E-state index in [1.165, 1.54) is 11.3 Å². The fraction of sp³-hybridized carbons (Fsp3) is 0.632. The number of nitrogens with zero attached hydrogens (tertiary/aromatic N) is 2. The van der Waals surface area contributed by atoms with E-state index in [-0.39, 0.29) is 6.03 Å². The zero-order chi connectivity index (χ0) is 17.1. The second-order valence-electron chi connectivity index (χ2n) is 7.39. The van der Waals surface area contributed by atoms with Crippen molar-refractivity contribution in [2.45, 2.75) is 33.1 Å². The summed E-state index contributed by atoms with van der Waals surface area (Å²) in [6, 6.07) is 6.17. The molecule has 5 heteroatoms. The average Bonchev–Trinajstić information content (AvgIpc) is 3.04. The van der Waals surface area contributed by atoms with Gasteiger partial charge in [-0.05, 0) is 55.7 Å². The lowest BCUT2D eigenvalue weighted by molar-refractivity contribution is 0.173. The summed E-state index contributed by atoms with van der Waals surface area (Å²) < 4.78 is 0. The van der Waals surface area contributed by atoms with Crippen LogP contribution in [0.15, 0.2) is 18.2 Å². The van der Waals surface area contributed by atoms with Crippen LogP contribution in [0.2, 0.25) is 5.02 Å². The third kappa shape index (κ3) is 4.15. The summed E-state index contributed by atoms with van der Waals surface area (Å²) in [5.74, 6) is 1.26. The summed E-state index contributed by atoms with van der Waals surface area (Å²) >= 11 is 6.14. The molecule has 0 aliphatic carbocycles. The average molecular weight is 350 g/mol. The maximum absolute atomic E-state index is 12.3. The number of hydrogen-bond acceptors (Lipinski definition) is 2. The molecule has 132 valence electrons. The molecule has 2 aliphatic heterocycles. The van der Waals surface area contributed by atoms with Gasteiger partial charge in [-0.15, -0.1) is 0 Å². The Kier molecular flexibility index (Phi) is 5.54. The maximum atomic E-state index is 12.3. The van der Waals surface area contributed by atoms with Crippen LogP contribution in [0.4, 0.5) is 10.5 Å². The number of aryl methyl sites for hydroxylation is 1. The number of benzene rings is 1. The molecular formula is C19H28ClN3O. The van der Waals surface area contributed by atoms with Crippen LogP contribution in [0.25, 0.3) is 0 Å². The predicted octanol–water partition coefficient (Wildman–Crippen LogP) is 3.92. The highest BCUT2D eigenvalue weighted by atomic mass is 35.5. The Morgan fingerprint density at radius 1 is 1.25 bits per heavy atom. The number of nitrogens with one attached hydrogen (secondary N) is 1. The van der Waals surface area contributed by atoms with Crippen LogP contribution in [-0.2, 0) is 0 Å². The number of rotatable bonds is 3. The number of carbonyl (C=O) groups is 1. The van der Waals surface area contributed by atoms with Crippen molar-refractivity contribution in [2.75, 3.05) is 37.6 Å². The fourth-order valence-corrected chi connectivity index (χ4v) is 3.86. The van der Waals surface area contributed by atoms with Gasteiger partial charge in [0.25, 0.3) is 0 Å². The molecule has 2 fully saturated rings. The van der Waals surface area contributed by atoms with Crippen molar-refractivity contribution in [2.24, 2.45) is 11.8 Å². The number of carbonyl (C=O) groups excluding carboxylic acids is 1. The van der Waals surface area contributed by atoms with Crippen LogP contribution in [-0.4, -0.2) is 43.7 Å². The van der Waals surface area contributed by atoms with E-state index in [2.05, 4.69) is 30.1 Å². The number of anilines is 1. The third-order valence-corrected chi connectivity index (χ3v) is 5.65. The lowest BCUT2D eigenvalue weighted by atomic mass is 10.00. The fourth-order valence-electron chi connectivity index (χ4n) is 3.70. The molecule has 4 nitrogen and oxygen atoms in total. The number of likely N-dealkylation sites (tertiary alicyclic amines) is 1. The van der Waals surface area contributed by atoms with Crippen LogP contribution >= 0.6 is 11.6 Å². The van der Waals surface area contributed by atoms with E-state index in [0.717, 1.165) is 62.9 Å². The SMILES string of the molecule is Cc1ccc(Cl)cc1N1CC[C@@H](CNC(=O)N2CCC(C)CC2)C1. The highest BCUT2D eigenvalue weighted by molar-refractivity contribution is 6.30. The quantitative estimate of drug-likeness (QED) is 0.897. The van der Waals surface area contributed by atoms with Gasteiger partial charge < -0.3 is 15.1 Å². The van der Waals surface area contributed by atoms with Gasteiger partial charge in [-0.3, -0.25) is 0 Å². The third-order valence-electron chi connectivity index (χ3n) is 5.41. The number of piperidine rings is 1. The summed E-state index contributed by atoms with van der Waals surface area (Å²) in [5.41, 5.74) is 2.48. The lowest BCUT2D eigenvalue weighted by Crippen LogP contribution is -2.45. The van der Waals surface area contributed by atoms with Crippen LogP contribution < -0.4 is 10.2 Å². The summed E-state index contributed by atoms with van der Waals surface area (Å²) in [6.45, 7) is 8.96. The summed E-state index contributed by atoms with van der Waals surface area (Å²) in [6.07, 6.45) is 3.36. The highest BCUT2D eigenvalue weighted by Gasteiger charge is 2.26. The number of hydrogen-bond donors (Lipinski definition) is 1. The van der Waals surface area contributed by atoms with E-state index in [4.69, 9.17) is 11.6 Å². The molecular weight excluding hydrogens is 322 g/mol. The van der Waals surface area contributed by atoms with E-state index >= 15 is 0 Å². The molecule has 3 rings (SSSR count). The Hall–Kier alpha value is -1.42. The Bertz CT molecular complexity index is 584. The van der Waals surface area contributed by atoms with E-state index in [9.17, 15) is 4.79 Å². The highest BCUT2D eigenvalue weighted by Crippen LogP contribution is 2.29. The van der Waals surface area contributed by atoms with Crippen molar-refractivity contribution in [3.05, 3.63) is 28.8 Å². The van der Waals surface area contributed by atoms with Gasteiger partial charge in [-0.2, -0.15) is 0 Å². The smallest absolute Gasteiger partial charge is 0.317 e. The molecule has 0 aromatic heterocycles. The Morgan fingerprint density at radius 3 is 2.75 bits per heavy atom. The number of amides is 2. The van der Waals surface area contributed by atoms with Gasteiger partial charge in [0.1, 0.15) is 0 Å². The standard InChI is InChI=1S/C19H28ClN3O/c1-14-5-8-22(9-6-14)19(24)21-12-16-7-10-23(13-16)18-11-17(20)4-3-15(18)2/h3-4,11,14,16H,5-10,12-13H2,1-2H3,(H,21,24)/t16-/m0/s1. The summed E-state index contributed by atoms with van der Waals surface area (Å²) in [7, 11) is 0. The predicted molar refractivity (Wildman–Crippen MR) is 99.9 cm³/mol. The van der Waals surface area contributed by atoms with E-state index in [0.29, 0.717) is 5.92 Å². The number of urea groups is 1. The van der Waals surface area contributed by atoms with E-state index in [1.54, 1.807) is 0 Å². The number of halogens is 1. The molecule has 0 spiro atoms. The molecule has 1 aromatic rings. The minimum atomic E-state index is 0.110. The van der Waals surface area contributed by atoms with Gasteiger partial charge in [-0.1, -0.05) is 24.6 Å². The van der Waals surface area contributed by atoms with Crippen molar-refractivity contribution in [1.82, 2.24) is 10.2 Å². The normalized spacial score (nSPS) is 22.0. The molecule has 2 amide bonds. The van der Waals surface area contributed by atoms with Gasteiger partial charge in [0, 0.05) is 43.4 Å². The van der Waals surface area contributed by atoms with E-state index < -0.39 is 0 Å². The second-order valence-corrected chi connectivity index (χ2v) is 7.82. The molecule has 1 N–H and O–H groups in total. The van der Waals surface area contributed by atoms with Gasteiger partial charge in [0.05, 0.1) is 0 Å². The molecule has 0 saturated carbocycles. The van der Waals surface area contributed by atoms with Crippen molar-refractivity contribution in [3.8, 4) is 0 Å². The van der Waals surface area contributed by atoms with Gasteiger partial charge in [0.2, 0.25) is 0 Å². The van der Waals surface area contributed by atoms with Gasteiger partial charge >= 0.3 is 6.03 Å². The van der Waals surface area contributed by atoms with Crippen molar-refractivity contribution < 1.29 is 4.79 Å². The van der Waals surface area contributed by atoms with E-state index in [1.807, 2.05) is 17.0 Å². The van der Waals surface area contributed by atoms with Gasteiger partial charge in [-0.25, -0.2) is 4.79 Å². The summed E-state index contributed by atoms with van der Waals surface area (Å²) in [5, 5.41) is 3.93. The van der Waals surface area contributed by atoms with Crippen LogP contribution in [0, 0.1) is 18.8 Å². The first-order valence-corrected chi connectivity index (χ1v) is 9.44. The largest absolute Gasteiger partial charge is 0.371 e.